The lowest BCUT2D eigenvalue weighted by Crippen LogP contribution is -2.27. The molecular weight excluding hydrogens is 291 g/mol. The maximum absolute atomic E-state index is 14.1. The molecule has 0 heterocycles. The summed E-state index contributed by atoms with van der Waals surface area (Å²) in [5.74, 6) is 1.93. The van der Waals surface area contributed by atoms with Gasteiger partial charge in [-0.25, -0.2) is 12.8 Å². The van der Waals surface area contributed by atoms with E-state index >= 15 is 0 Å². The molecule has 1 aromatic carbocycles. The molecule has 0 amide bonds. The van der Waals surface area contributed by atoms with Gasteiger partial charge in [0.1, 0.15) is 5.82 Å². The first-order valence-electron chi connectivity index (χ1n) is 6.78. The first kappa shape index (κ1) is 16.0. The largest absolute Gasteiger partial charge is 0.310 e. The van der Waals surface area contributed by atoms with E-state index in [-0.39, 0.29) is 17.3 Å². The summed E-state index contributed by atoms with van der Waals surface area (Å²) in [6.07, 6.45) is 7.32. The van der Waals surface area contributed by atoms with Crippen molar-refractivity contribution in [1.82, 2.24) is 9.62 Å². The monoisotopic (exact) mass is 310 g/mol. The highest BCUT2D eigenvalue weighted by Gasteiger charge is 2.24. The van der Waals surface area contributed by atoms with E-state index in [0.29, 0.717) is 23.7 Å². The minimum absolute atomic E-state index is 0.0194. The zero-order valence-electron chi connectivity index (χ0n) is 12.2. The van der Waals surface area contributed by atoms with E-state index in [1.54, 1.807) is 6.92 Å². The maximum Gasteiger partial charge on any atom is 0.243 e. The van der Waals surface area contributed by atoms with Gasteiger partial charge in [-0.15, -0.1) is 6.42 Å². The molecule has 1 N–H and O–H groups in total. The summed E-state index contributed by atoms with van der Waals surface area (Å²) in [7, 11) is -2.28. The predicted octanol–water partition coefficient (Wildman–Crippen LogP) is 1.64. The van der Waals surface area contributed by atoms with Crippen molar-refractivity contribution < 1.29 is 12.8 Å². The van der Waals surface area contributed by atoms with Gasteiger partial charge in [0, 0.05) is 25.2 Å². The average Bonchev–Trinajstić information content (AvgIpc) is 3.24. The Morgan fingerprint density at radius 3 is 2.71 bits per heavy atom. The van der Waals surface area contributed by atoms with Crippen molar-refractivity contribution in [3.05, 3.63) is 29.1 Å². The van der Waals surface area contributed by atoms with Crippen molar-refractivity contribution in [2.75, 3.05) is 13.6 Å². The van der Waals surface area contributed by atoms with Crippen LogP contribution in [0.5, 0.6) is 0 Å². The van der Waals surface area contributed by atoms with Gasteiger partial charge >= 0.3 is 0 Å². The molecule has 0 saturated heterocycles. The number of hydrogen-bond donors (Lipinski definition) is 1. The van der Waals surface area contributed by atoms with Gasteiger partial charge in [0.25, 0.3) is 0 Å². The van der Waals surface area contributed by atoms with Crippen molar-refractivity contribution in [3.63, 3.8) is 0 Å². The number of aryl methyl sites for hydroxylation is 1. The van der Waals surface area contributed by atoms with E-state index in [2.05, 4.69) is 11.2 Å². The summed E-state index contributed by atoms with van der Waals surface area (Å²) in [6.45, 7) is 1.88. The summed E-state index contributed by atoms with van der Waals surface area (Å²) < 4.78 is 39.9. The Balaban J connectivity index is 2.33. The fraction of sp³-hybridized carbons (Fsp3) is 0.467. The molecule has 1 aromatic rings. The van der Waals surface area contributed by atoms with Gasteiger partial charge in [-0.1, -0.05) is 5.92 Å². The van der Waals surface area contributed by atoms with Gasteiger partial charge in [-0.3, -0.25) is 0 Å². The average molecular weight is 310 g/mol. The smallest absolute Gasteiger partial charge is 0.243 e. The van der Waals surface area contributed by atoms with E-state index in [9.17, 15) is 12.8 Å². The molecular formula is C15H19FN2O2S. The second kappa shape index (κ2) is 6.14. The molecule has 1 fully saturated rings. The summed E-state index contributed by atoms with van der Waals surface area (Å²) in [6, 6.07) is 3.16. The highest BCUT2D eigenvalue weighted by Crippen LogP contribution is 2.24. The number of nitrogens with zero attached hydrogens (tertiary/aromatic N) is 1. The molecule has 1 aliphatic rings. The van der Waals surface area contributed by atoms with E-state index in [4.69, 9.17) is 6.42 Å². The van der Waals surface area contributed by atoms with Crippen molar-refractivity contribution in [1.29, 1.82) is 0 Å². The Labute approximate surface area is 125 Å². The number of benzene rings is 1. The highest BCUT2D eigenvalue weighted by molar-refractivity contribution is 7.89. The van der Waals surface area contributed by atoms with Crippen LogP contribution in [0, 0.1) is 25.1 Å². The number of sulfonamides is 1. The van der Waals surface area contributed by atoms with Crippen LogP contribution < -0.4 is 5.32 Å². The molecule has 0 unspecified atom stereocenters. The SMILES string of the molecule is C#CCN(C)S(=O)(=O)c1cc(C)c(F)c(CNC2CC2)c1. The Hall–Kier alpha value is -1.42. The quantitative estimate of drug-likeness (QED) is 0.813. The van der Waals surface area contributed by atoms with Gasteiger partial charge in [0.15, 0.2) is 0 Å². The molecule has 0 radical (unpaired) electrons. The highest BCUT2D eigenvalue weighted by atomic mass is 32.2. The molecule has 0 atom stereocenters. The van der Waals surface area contributed by atoms with Gasteiger partial charge in [0.05, 0.1) is 11.4 Å². The van der Waals surface area contributed by atoms with Crippen LogP contribution in [-0.4, -0.2) is 32.4 Å². The molecule has 0 spiro atoms. The number of nitrogens with one attached hydrogen (secondary N) is 1. The van der Waals surface area contributed by atoms with E-state index in [0.717, 1.165) is 17.1 Å². The Bertz CT molecular complexity index is 676. The number of rotatable bonds is 6. The fourth-order valence-corrected chi connectivity index (χ4v) is 3.24. The molecule has 1 saturated carbocycles. The molecule has 0 bridgehead atoms. The topological polar surface area (TPSA) is 49.4 Å². The van der Waals surface area contributed by atoms with Crippen LogP contribution in [0.15, 0.2) is 17.0 Å². The van der Waals surface area contributed by atoms with Crippen LogP contribution >= 0.6 is 0 Å². The summed E-state index contributed by atoms with van der Waals surface area (Å²) in [4.78, 5) is 0.0757. The van der Waals surface area contributed by atoms with Gasteiger partial charge in [-0.2, -0.15) is 4.31 Å². The van der Waals surface area contributed by atoms with Crippen LogP contribution in [0.4, 0.5) is 4.39 Å². The Kier molecular flexibility index (Phi) is 4.67. The van der Waals surface area contributed by atoms with Crippen LogP contribution in [0.2, 0.25) is 0 Å². The second-order valence-corrected chi connectivity index (χ2v) is 7.38. The van der Waals surface area contributed by atoms with Gasteiger partial charge in [0.2, 0.25) is 10.0 Å². The third kappa shape index (κ3) is 3.62. The second-order valence-electron chi connectivity index (χ2n) is 5.33. The van der Waals surface area contributed by atoms with Crippen LogP contribution in [-0.2, 0) is 16.6 Å². The van der Waals surface area contributed by atoms with Crippen LogP contribution in [0.25, 0.3) is 0 Å². The predicted molar refractivity (Wildman–Crippen MR) is 79.6 cm³/mol. The van der Waals surface area contributed by atoms with E-state index < -0.39 is 10.0 Å². The molecule has 2 rings (SSSR count). The van der Waals surface area contributed by atoms with Crippen molar-refractivity contribution >= 4 is 10.0 Å². The van der Waals surface area contributed by atoms with Gasteiger partial charge < -0.3 is 5.32 Å². The first-order chi connectivity index (χ1) is 9.86. The van der Waals surface area contributed by atoms with Crippen molar-refractivity contribution in [2.45, 2.75) is 37.2 Å². The minimum Gasteiger partial charge on any atom is -0.310 e. The molecule has 0 aromatic heterocycles. The zero-order chi connectivity index (χ0) is 15.6. The molecule has 4 nitrogen and oxygen atoms in total. The van der Waals surface area contributed by atoms with Crippen LogP contribution in [0.3, 0.4) is 0 Å². The molecule has 114 valence electrons. The summed E-state index contributed by atoms with van der Waals surface area (Å²) >= 11 is 0. The summed E-state index contributed by atoms with van der Waals surface area (Å²) in [5, 5.41) is 3.19. The van der Waals surface area contributed by atoms with Crippen molar-refractivity contribution in [2.24, 2.45) is 0 Å². The third-order valence-electron chi connectivity index (χ3n) is 3.48. The molecule has 21 heavy (non-hydrogen) atoms. The Morgan fingerprint density at radius 1 is 1.48 bits per heavy atom. The minimum atomic E-state index is -3.69. The number of halogens is 1. The van der Waals surface area contributed by atoms with Crippen molar-refractivity contribution in [3.8, 4) is 12.3 Å². The molecule has 1 aliphatic carbocycles. The molecule has 6 heteroatoms. The summed E-state index contributed by atoms with van der Waals surface area (Å²) in [5.41, 5.74) is 0.687. The third-order valence-corrected chi connectivity index (χ3v) is 5.27. The van der Waals surface area contributed by atoms with Gasteiger partial charge in [-0.05, 0) is 37.5 Å². The first-order valence-corrected chi connectivity index (χ1v) is 8.22. The maximum atomic E-state index is 14.1. The Morgan fingerprint density at radius 2 is 2.14 bits per heavy atom. The number of terminal acetylenes is 1. The van der Waals surface area contributed by atoms with E-state index in [1.165, 1.54) is 19.2 Å². The lowest BCUT2D eigenvalue weighted by atomic mass is 10.1. The lowest BCUT2D eigenvalue weighted by Gasteiger charge is -2.16. The number of hydrogen-bond acceptors (Lipinski definition) is 3. The lowest BCUT2D eigenvalue weighted by molar-refractivity contribution is 0.502. The normalized spacial score (nSPS) is 15.2. The molecule has 0 aliphatic heterocycles. The standard InChI is InChI=1S/C15H19FN2O2S/c1-4-7-18(3)21(19,20)14-8-11(2)15(16)12(9-14)10-17-13-5-6-13/h1,8-9,13,17H,5-7,10H2,2-3H3. The zero-order valence-corrected chi connectivity index (χ0v) is 13.0. The fourth-order valence-electron chi connectivity index (χ4n) is 2.02. The van der Waals surface area contributed by atoms with Crippen LogP contribution in [0.1, 0.15) is 24.0 Å². The van der Waals surface area contributed by atoms with E-state index in [1.807, 2.05) is 0 Å².